The molecule has 0 aromatic carbocycles. The van der Waals surface area contributed by atoms with Crippen molar-refractivity contribution in [2.75, 3.05) is 47.4 Å². The Balaban J connectivity index is 1.05. The minimum Gasteiger partial charge on any atom is -0.356 e. The number of aryl methyl sites for hydroxylation is 4. The predicted molar refractivity (Wildman–Crippen MR) is 239 cm³/mol. The number of unbranched alkanes of at least 4 members (excludes halogenated alkanes) is 1. The molecule has 0 aliphatic carbocycles. The van der Waals surface area contributed by atoms with Gasteiger partial charge in [-0.05, 0) is 81.6 Å². The molecule has 0 radical (unpaired) electrons. The van der Waals surface area contributed by atoms with Crippen LogP contribution in [0.5, 0.6) is 0 Å². The fraction of sp³-hybridized carbons (Fsp3) is 0.308. The molecule has 0 fully saturated rings. The number of amides is 7. The first-order valence-corrected chi connectivity index (χ1v) is 21.3. The second kappa shape index (κ2) is 21.0. The molecule has 61 heavy (non-hydrogen) atoms. The Morgan fingerprint density at radius 1 is 0.525 bits per heavy atom. The summed E-state index contributed by atoms with van der Waals surface area (Å²) < 4.78 is 7.75. The lowest BCUT2D eigenvalue weighted by Crippen LogP contribution is -2.32. The van der Waals surface area contributed by atoms with Gasteiger partial charge in [0.25, 0.3) is 29.5 Å². The number of nitrogens with one attached hydrogen (secondary N) is 7. The summed E-state index contributed by atoms with van der Waals surface area (Å²) in [5.41, 5.74) is 8.01. The van der Waals surface area contributed by atoms with E-state index in [9.17, 15) is 33.6 Å². The maximum atomic E-state index is 13.2. The van der Waals surface area contributed by atoms with Crippen molar-refractivity contribution >= 4 is 107 Å². The van der Waals surface area contributed by atoms with Crippen LogP contribution in [0.4, 0.5) is 22.7 Å². The molecule has 5 aromatic heterocycles. The zero-order valence-corrected chi connectivity index (χ0v) is 37.7. The lowest BCUT2D eigenvalue weighted by atomic mass is 10.3. The van der Waals surface area contributed by atoms with Crippen molar-refractivity contribution in [3.05, 3.63) is 91.0 Å². The fourth-order valence-electron chi connectivity index (χ4n) is 6.05. The van der Waals surface area contributed by atoms with E-state index in [1.165, 1.54) is 38.7 Å². The Kier molecular flexibility index (Phi) is 15.9. The van der Waals surface area contributed by atoms with E-state index in [1.807, 2.05) is 0 Å². The monoisotopic (exact) mass is 984 g/mol. The average molecular weight is 987 g/mol. The molecular weight excluding hydrogens is 940 g/mol. The highest BCUT2D eigenvalue weighted by atomic mass is 79.9. The van der Waals surface area contributed by atoms with Gasteiger partial charge in [0.15, 0.2) is 0 Å². The number of hydrogen-bond donors (Lipinski definition) is 8. The van der Waals surface area contributed by atoms with E-state index in [0.717, 1.165) is 21.1 Å². The van der Waals surface area contributed by atoms with E-state index >= 15 is 0 Å². The number of anilines is 4. The van der Waals surface area contributed by atoms with Gasteiger partial charge in [-0.2, -0.15) is 0 Å². The first-order chi connectivity index (χ1) is 29.0. The van der Waals surface area contributed by atoms with Crippen molar-refractivity contribution in [2.24, 2.45) is 33.9 Å². The van der Waals surface area contributed by atoms with E-state index in [4.69, 9.17) is 5.73 Å². The third kappa shape index (κ3) is 12.5. The number of hydrogen-bond acceptors (Lipinski definition) is 9. The normalized spacial score (nSPS) is 10.9. The zero-order valence-electron chi connectivity index (χ0n) is 33.7. The van der Waals surface area contributed by atoms with Gasteiger partial charge in [0.05, 0.1) is 31.4 Å². The number of carbonyl (C=O) groups is 7. The van der Waals surface area contributed by atoms with Gasteiger partial charge in [-0.3, -0.25) is 33.6 Å². The Bertz CT molecular complexity index is 2440. The van der Waals surface area contributed by atoms with Crippen molar-refractivity contribution < 1.29 is 33.6 Å². The average Bonchev–Trinajstić information content (AvgIpc) is 4.02. The van der Waals surface area contributed by atoms with Crippen molar-refractivity contribution in [3.63, 3.8) is 0 Å². The molecule has 0 spiro atoms. The first-order valence-electron chi connectivity index (χ1n) is 18.9. The molecule has 9 N–H and O–H groups in total. The Morgan fingerprint density at radius 2 is 0.934 bits per heavy atom. The second-order valence-electron chi connectivity index (χ2n) is 13.9. The van der Waals surface area contributed by atoms with Gasteiger partial charge in [0, 0.05) is 89.9 Å². The summed E-state index contributed by atoms with van der Waals surface area (Å²) in [5, 5.41) is 19.2. The molecule has 5 rings (SSSR count). The molecule has 0 saturated carbocycles. The minimum atomic E-state index is -0.480. The number of nitrogens with zero attached hydrogens (tertiary/aromatic N) is 4. The van der Waals surface area contributed by atoms with Gasteiger partial charge in [0.1, 0.15) is 22.8 Å². The first kappa shape index (κ1) is 46.1. The summed E-state index contributed by atoms with van der Waals surface area (Å²) in [6.07, 6.45) is 8.00. The molecule has 0 unspecified atom stereocenters. The van der Waals surface area contributed by atoms with Crippen LogP contribution in [0.3, 0.4) is 0 Å². The smallest absolute Gasteiger partial charge is 0.272 e. The number of aromatic nitrogens is 4. The van der Waals surface area contributed by atoms with E-state index in [2.05, 4.69) is 69.1 Å². The number of carbonyl (C=O) groups excluding carboxylic acids is 7. The van der Waals surface area contributed by atoms with E-state index < -0.39 is 29.5 Å². The highest BCUT2D eigenvalue weighted by Gasteiger charge is 2.20. The van der Waals surface area contributed by atoms with Gasteiger partial charge < -0.3 is 61.2 Å². The van der Waals surface area contributed by atoms with Crippen LogP contribution in [0, 0.1) is 0 Å². The van der Waals surface area contributed by atoms with Crippen LogP contribution in [-0.2, 0) is 37.8 Å². The Hall–Kier alpha value is -5.97. The van der Waals surface area contributed by atoms with Gasteiger partial charge >= 0.3 is 0 Å². The molecule has 0 saturated heterocycles. The highest BCUT2D eigenvalue weighted by Crippen LogP contribution is 2.33. The van der Waals surface area contributed by atoms with Gasteiger partial charge in [0.2, 0.25) is 11.8 Å². The van der Waals surface area contributed by atoms with E-state index in [-0.39, 0.29) is 60.5 Å². The molecule has 22 heteroatoms. The lowest BCUT2D eigenvalue weighted by molar-refractivity contribution is -0.121. The lowest BCUT2D eigenvalue weighted by Gasteiger charge is -2.07. The minimum absolute atomic E-state index is 0.00128. The molecule has 5 aromatic rings. The van der Waals surface area contributed by atoms with Crippen molar-refractivity contribution in [1.29, 1.82) is 0 Å². The number of nitrogens with two attached hydrogens (primary N) is 1. The number of halogens is 2. The Morgan fingerprint density at radius 3 is 1.36 bits per heavy atom. The van der Waals surface area contributed by atoms with Gasteiger partial charge in [-0.1, -0.05) is 0 Å². The van der Waals surface area contributed by atoms with Crippen LogP contribution < -0.4 is 43.0 Å². The quantitative estimate of drug-likeness (QED) is 0.0558. The Labute approximate surface area is 371 Å². The van der Waals surface area contributed by atoms with Crippen LogP contribution in [0.25, 0.3) is 0 Å². The third-order valence-electron chi connectivity index (χ3n) is 9.10. The standard InChI is InChI=1S/C39H46Br2N12O7S/c1-50-19-23(14-27(50)35(56)44-11-7-32(54)43-10-6-5-9-42)47-37(58)29-13-22(18-52(29)3)46-33(55)8-12-45-36(57)28-15-24(20-51(28)2)48-38(59)30-16-25(21-53(30)4)49-39(60)31-17-26(40)34(41)61-31/h13-21H,5-12,42H2,1-4H3,(H,43,54)(H,44,56)(H,45,57)(H,46,55)(H,47,58)(H,48,59)(H,49,60). The molecule has 0 aliphatic heterocycles. The van der Waals surface area contributed by atoms with Crippen LogP contribution in [0.1, 0.15) is 77.3 Å². The molecule has 0 bridgehead atoms. The van der Waals surface area contributed by atoms with Gasteiger partial charge in [-0.25, -0.2) is 0 Å². The molecule has 0 aliphatic rings. The summed E-state index contributed by atoms with van der Waals surface area (Å²) in [6, 6.07) is 7.76. The molecule has 7 amide bonds. The van der Waals surface area contributed by atoms with Crippen LogP contribution >= 0.6 is 43.2 Å². The summed E-state index contributed by atoms with van der Waals surface area (Å²) >= 11 is 8.01. The van der Waals surface area contributed by atoms with Crippen molar-refractivity contribution in [1.82, 2.24) is 34.2 Å². The predicted octanol–water partition coefficient (Wildman–Crippen LogP) is 4.12. The van der Waals surface area contributed by atoms with Crippen LogP contribution in [0.2, 0.25) is 0 Å². The van der Waals surface area contributed by atoms with Crippen LogP contribution in [0.15, 0.2) is 63.4 Å². The number of rotatable bonds is 19. The van der Waals surface area contributed by atoms with Crippen molar-refractivity contribution in [2.45, 2.75) is 25.7 Å². The number of thiophene rings is 1. The molecule has 0 atom stereocenters. The molecule has 19 nitrogen and oxygen atoms in total. The van der Waals surface area contributed by atoms with Gasteiger partial charge in [-0.15, -0.1) is 11.3 Å². The molecular formula is C39H46Br2N12O7S. The molecule has 5 heterocycles. The van der Waals surface area contributed by atoms with E-state index in [1.54, 1.807) is 74.2 Å². The zero-order chi connectivity index (χ0) is 44.4. The topological polar surface area (TPSA) is 249 Å². The fourth-order valence-corrected chi connectivity index (χ4v) is 7.98. The maximum Gasteiger partial charge on any atom is 0.272 e. The summed E-state index contributed by atoms with van der Waals surface area (Å²) in [7, 11) is 6.61. The second-order valence-corrected chi connectivity index (χ2v) is 17.1. The third-order valence-corrected chi connectivity index (χ3v) is 12.4. The SMILES string of the molecule is Cn1cc(NC(=O)c2cc(NC(=O)CCNC(=O)c3cc(NC(=O)c4cc(NC(=O)c5cc(Br)c(Br)s5)cn4C)cn3C)cn2C)cc1C(=O)NCCC(=O)NCCCCN. The van der Waals surface area contributed by atoms with Crippen LogP contribution in [-0.4, -0.2) is 85.8 Å². The largest absolute Gasteiger partial charge is 0.356 e. The molecule has 324 valence electrons. The summed E-state index contributed by atoms with van der Waals surface area (Å²) in [5.74, 6) is -2.72. The maximum absolute atomic E-state index is 13.2. The van der Waals surface area contributed by atoms with Crippen molar-refractivity contribution in [3.8, 4) is 0 Å². The highest BCUT2D eigenvalue weighted by molar-refractivity contribution is 9.13. The summed E-state index contributed by atoms with van der Waals surface area (Å²) in [4.78, 5) is 90.0. The van der Waals surface area contributed by atoms with E-state index in [0.29, 0.717) is 40.7 Å². The summed E-state index contributed by atoms with van der Waals surface area (Å²) in [6.45, 7) is 1.23.